The van der Waals surface area contributed by atoms with Crippen molar-refractivity contribution in [2.45, 2.75) is 18.2 Å². The van der Waals surface area contributed by atoms with Gasteiger partial charge >= 0.3 is 0 Å². The van der Waals surface area contributed by atoms with Gasteiger partial charge in [0.2, 0.25) is 10.0 Å². The normalized spacial score (nSPS) is 43.2. The van der Waals surface area contributed by atoms with Gasteiger partial charge in [0.1, 0.15) is 5.37 Å². The summed E-state index contributed by atoms with van der Waals surface area (Å²) in [5.41, 5.74) is 0. The lowest BCUT2D eigenvalue weighted by Gasteiger charge is -2.21. The van der Waals surface area contributed by atoms with Crippen molar-refractivity contribution in [3.05, 3.63) is 0 Å². The van der Waals surface area contributed by atoms with Crippen molar-refractivity contribution >= 4 is 10.0 Å². The molecule has 11 heavy (non-hydrogen) atoms. The summed E-state index contributed by atoms with van der Waals surface area (Å²) in [4.78, 5) is 1.97. The molecule has 0 spiro atoms. The third kappa shape index (κ3) is 1.17. The van der Waals surface area contributed by atoms with Gasteiger partial charge < -0.3 is 0 Å². The minimum atomic E-state index is -3.31. The standard InChI is InChI=1S/C6H12N2O2S/c7-11(9,10)6-3-5-1-2-8(6)4-5/h5-6H,1-4H2,(H2,7,9,10). The van der Waals surface area contributed by atoms with Crippen LogP contribution in [-0.2, 0) is 10.0 Å². The minimum absolute atomic E-state index is 0.374. The highest BCUT2D eigenvalue weighted by molar-refractivity contribution is 7.89. The van der Waals surface area contributed by atoms with E-state index in [1.54, 1.807) is 0 Å². The number of hydrogen-bond donors (Lipinski definition) is 1. The topological polar surface area (TPSA) is 63.4 Å². The summed E-state index contributed by atoms with van der Waals surface area (Å²) in [5, 5.41) is 4.68. The van der Waals surface area contributed by atoms with Gasteiger partial charge in [-0.15, -0.1) is 0 Å². The van der Waals surface area contributed by atoms with E-state index in [-0.39, 0.29) is 5.37 Å². The summed E-state index contributed by atoms with van der Waals surface area (Å²) in [7, 11) is -3.31. The Balaban J connectivity index is 2.21. The van der Waals surface area contributed by atoms with Crippen LogP contribution in [0.1, 0.15) is 12.8 Å². The quantitative estimate of drug-likeness (QED) is 0.576. The Morgan fingerprint density at radius 1 is 1.45 bits per heavy atom. The van der Waals surface area contributed by atoms with Crippen LogP contribution in [0.2, 0.25) is 0 Å². The summed E-state index contributed by atoms with van der Waals surface area (Å²) in [5.74, 6) is 0.582. The second-order valence-electron chi connectivity index (χ2n) is 3.43. The molecular formula is C6H12N2O2S. The van der Waals surface area contributed by atoms with Crippen molar-refractivity contribution in [2.24, 2.45) is 11.1 Å². The molecule has 5 heteroatoms. The van der Waals surface area contributed by atoms with Gasteiger partial charge in [-0.3, -0.25) is 4.90 Å². The van der Waals surface area contributed by atoms with Crippen LogP contribution in [0.25, 0.3) is 0 Å². The maximum Gasteiger partial charge on any atom is 0.225 e. The van der Waals surface area contributed by atoms with E-state index in [0.29, 0.717) is 5.92 Å². The van der Waals surface area contributed by atoms with E-state index in [4.69, 9.17) is 5.14 Å². The van der Waals surface area contributed by atoms with Crippen LogP contribution in [0.4, 0.5) is 0 Å². The van der Waals surface area contributed by atoms with E-state index >= 15 is 0 Å². The molecule has 4 nitrogen and oxygen atoms in total. The van der Waals surface area contributed by atoms with Crippen LogP contribution in [0.15, 0.2) is 0 Å². The molecule has 2 heterocycles. The van der Waals surface area contributed by atoms with E-state index in [2.05, 4.69) is 0 Å². The first kappa shape index (κ1) is 7.52. The highest BCUT2D eigenvalue weighted by Gasteiger charge is 2.42. The highest BCUT2D eigenvalue weighted by atomic mass is 32.2. The molecule has 2 rings (SSSR count). The molecule has 3 unspecified atom stereocenters. The summed E-state index contributed by atoms with van der Waals surface area (Å²) in [6.45, 7) is 1.84. The van der Waals surface area contributed by atoms with Gasteiger partial charge in [-0.1, -0.05) is 0 Å². The average Bonchev–Trinajstić information content (AvgIpc) is 2.42. The maximum atomic E-state index is 11.0. The summed E-state index contributed by atoms with van der Waals surface area (Å²) >= 11 is 0. The Kier molecular flexibility index (Phi) is 1.49. The summed E-state index contributed by atoms with van der Waals surface area (Å²) < 4.78 is 21.9. The van der Waals surface area contributed by atoms with Gasteiger partial charge in [0.15, 0.2) is 0 Å². The second kappa shape index (κ2) is 2.18. The van der Waals surface area contributed by atoms with Crippen LogP contribution in [0, 0.1) is 5.92 Å². The van der Waals surface area contributed by atoms with Crippen molar-refractivity contribution in [3.63, 3.8) is 0 Å². The number of nitrogens with two attached hydrogens (primary N) is 1. The van der Waals surface area contributed by atoms with Gasteiger partial charge in [0.05, 0.1) is 0 Å². The van der Waals surface area contributed by atoms with E-state index in [1.807, 2.05) is 4.90 Å². The SMILES string of the molecule is NS(=O)(=O)C1CC2CCN1C2. The van der Waals surface area contributed by atoms with Crippen LogP contribution in [0.3, 0.4) is 0 Å². The number of sulfonamides is 1. The van der Waals surface area contributed by atoms with Crippen molar-refractivity contribution < 1.29 is 8.42 Å². The predicted molar refractivity (Wildman–Crippen MR) is 41.2 cm³/mol. The fourth-order valence-electron chi connectivity index (χ4n) is 2.09. The van der Waals surface area contributed by atoms with Crippen LogP contribution in [-0.4, -0.2) is 31.8 Å². The number of rotatable bonds is 1. The fraction of sp³-hybridized carbons (Fsp3) is 1.00. The summed E-state index contributed by atoms with van der Waals surface area (Å²) in [6.07, 6.45) is 1.89. The molecular weight excluding hydrogens is 164 g/mol. The van der Waals surface area contributed by atoms with Crippen LogP contribution >= 0.6 is 0 Å². The molecule has 2 bridgehead atoms. The Morgan fingerprint density at radius 2 is 2.18 bits per heavy atom. The minimum Gasteiger partial charge on any atom is -0.286 e. The smallest absolute Gasteiger partial charge is 0.225 e. The number of fused-ring (bicyclic) bond motifs is 2. The lowest BCUT2D eigenvalue weighted by Crippen LogP contribution is -2.40. The van der Waals surface area contributed by atoms with Gasteiger partial charge in [-0.2, -0.15) is 0 Å². The van der Waals surface area contributed by atoms with Gasteiger partial charge in [-0.25, -0.2) is 13.6 Å². The molecule has 2 fully saturated rings. The Morgan fingerprint density at radius 3 is 2.45 bits per heavy atom. The molecule has 0 saturated carbocycles. The largest absolute Gasteiger partial charge is 0.286 e. The molecule has 0 amide bonds. The molecule has 0 aromatic rings. The summed E-state index contributed by atoms with van der Waals surface area (Å²) in [6, 6.07) is 0. The zero-order valence-electron chi connectivity index (χ0n) is 6.23. The van der Waals surface area contributed by atoms with Crippen molar-refractivity contribution in [3.8, 4) is 0 Å². The fourth-order valence-corrected chi connectivity index (χ4v) is 3.24. The predicted octanol–water partition coefficient (Wildman–Crippen LogP) is -0.673. The van der Waals surface area contributed by atoms with Crippen molar-refractivity contribution in [1.82, 2.24) is 4.90 Å². The van der Waals surface area contributed by atoms with Crippen LogP contribution in [0.5, 0.6) is 0 Å². The molecule has 2 N–H and O–H groups in total. The third-order valence-electron chi connectivity index (χ3n) is 2.64. The Hall–Kier alpha value is -0.130. The van der Waals surface area contributed by atoms with Crippen molar-refractivity contribution in [1.29, 1.82) is 0 Å². The molecule has 2 saturated heterocycles. The van der Waals surface area contributed by atoms with Gasteiger partial charge in [0.25, 0.3) is 0 Å². The molecule has 2 aliphatic rings. The first-order valence-corrected chi connectivity index (χ1v) is 5.44. The third-order valence-corrected chi connectivity index (χ3v) is 3.89. The first-order valence-electron chi connectivity index (χ1n) is 3.83. The maximum absolute atomic E-state index is 11.0. The van der Waals surface area contributed by atoms with E-state index in [0.717, 1.165) is 25.9 Å². The number of hydrogen-bond acceptors (Lipinski definition) is 3. The molecule has 0 radical (unpaired) electrons. The zero-order valence-corrected chi connectivity index (χ0v) is 7.05. The monoisotopic (exact) mass is 176 g/mol. The zero-order chi connectivity index (χ0) is 8.06. The lowest BCUT2D eigenvalue weighted by atomic mass is 10.1. The number of nitrogens with zero attached hydrogens (tertiary/aromatic N) is 1. The van der Waals surface area contributed by atoms with Crippen LogP contribution < -0.4 is 5.14 Å². The molecule has 0 aromatic carbocycles. The number of piperidine rings is 1. The molecule has 3 atom stereocenters. The molecule has 2 aliphatic heterocycles. The number of primary sulfonamides is 1. The lowest BCUT2D eigenvalue weighted by molar-refractivity contribution is 0.324. The molecule has 64 valence electrons. The van der Waals surface area contributed by atoms with E-state index in [9.17, 15) is 8.42 Å². The van der Waals surface area contributed by atoms with Gasteiger partial charge in [0, 0.05) is 6.54 Å². The first-order chi connectivity index (χ1) is 5.07. The van der Waals surface area contributed by atoms with E-state index < -0.39 is 10.0 Å². The molecule has 0 aliphatic carbocycles. The Bertz CT molecular complexity index is 262. The van der Waals surface area contributed by atoms with E-state index in [1.165, 1.54) is 0 Å². The van der Waals surface area contributed by atoms with Crippen molar-refractivity contribution in [2.75, 3.05) is 13.1 Å². The molecule has 0 aromatic heterocycles. The highest BCUT2D eigenvalue weighted by Crippen LogP contribution is 2.34. The Labute approximate surface area is 66.4 Å². The second-order valence-corrected chi connectivity index (χ2v) is 5.15. The van der Waals surface area contributed by atoms with Gasteiger partial charge in [-0.05, 0) is 25.3 Å². The average molecular weight is 176 g/mol.